The molecular formula is C26H30ClN2NaO9. The summed E-state index contributed by atoms with van der Waals surface area (Å²) in [6.45, 7) is 1.75. The van der Waals surface area contributed by atoms with Gasteiger partial charge in [-0.1, -0.05) is 23.7 Å². The molecule has 0 atom stereocenters. The van der Waals surface area contributed by atoms with Gasteiger partial charge in [-0.2, -0.15) is 0 Å². The van der Waals surface area contributed by atoms with Gasteiger partial charge >= 0.3 is 35.5 Å². The van der Waals surface area contributed by atoms with Crippen molar-refractivity contribution in [3.05, 3.63) is 94.1 Å². The zero-order chi connectivity index (χ0) is 25.7. The predicted octanol–water partition coefficient (Wildman–Crippen LogP) is -0.939. The molecule has 0 aliphatic carbocycles. The number of carboxylic acids is 1. The quantitative estimate of drug-likeness (QED) is 0.255. The van der Waals surface area contributed by atoms with Crippen molar-refractivity contribution in [3.63, 3.8) is 0 Å². The number of amides is 1. The van der Waals surface area contributed by atoms with E-state index < -0.39 is 11.9 Å². The summed E-state index contributed by atoms with van der Waals surface area (Å²) in [6.07, 6.45) is -0.170. The van der Waals surface area contributed by atoms with Crippen molar-refractivity contribution in [1.29, 1.82) is 0 Å². The van der Waals surface area contributed by atoms with Gasteiger partial charge in [0.1, 0.15) is 11.5 Å². The Balaban J connectivity index is -0.000000789. The number of fused-ring (bicyclic) bond motifs is 1. The van der Waals surface area contributed by atoms with Crippen LogP contribution in [-0.4, -0.2) is 56.1 Å². The molecule has 0 aliphatic rings. The summed E-state index contributed by atoms with van der Waals surface area (Å²) in [4.78, 5) is 34.7. The van der Waals surface area contributed by atoms with Gasteiger partial charge in [0.15, 0.2) is 0 Å². The largest absolute Gasteiger partial charge is 1.00 e. The number of nitrogens with two attached hydrogens (primary N) is 1. The second kappa shape index (κ2) is 16.5. The first kappa shape index (κ1) is 37.7. The van der Waals surface area contributed by atoms with E-state index in [-0.39, 0.29) is 71.1 Å². The zero-order valence-corrected chi connectivity index (χ0v) is 24.2. The van der Waals surface area contributed by atoms with Gasteiger partial charge in [-0.05, 0) is 67.1 Å². The fourth-order valence-corrected chi connectivity index (χ4v) is 3.75. The summed E-state index contributed by atoms with van der Waals surface area (Å²) in [5, 5.41) is 19.5. The number of rotatable bonds is 5. The Morgan fingerprint density at radius 2 is 1.59 bits per heavy atom. The molecule has 1 aromatic heterocycles. The van der Waals surface area contributed by atoms with E-state index in [9.17, 15) is 19.5 Å². The maximum absolute atomic E-state index is 13.0. The molecule has 0 unspecified atom stereocenters. The fourth-order valence-electron chi connectivity index (χ4n) is 3.63. The molecule has 4 rings (SSSR count). The Bertz CT molecular complexity index is 1430. The summed E-state index contributed by atoms with van der Waals surface area (Å²) in [5.41, 5.74) is 7.40. The number of carbonyl (C=O) groups is 3. The number of hydrogen-bond donors (Lipinski definition) is 3. The van der Waals surface area contributed by atoms with Crippen LogP contribution < -0.4 is 40.0 Å². The van der Waals surface area contributed by atoms with Crippen molar-refractivity contribution < 1.29 is 76.7 Å². The number of nitrogens with zero attached hydrogens (tertiary/aromatic N) is 1. The van der Waals surface area contributed by atoms with Gasteiger partial charge in [-0.3, -0.25) is 19.0 Å². The molecule has 0 aliphatic heterocycles. The molecule has 0 saturated carbocycles. The Morgan fingerprint density at radius 3 is 2.08 bits per heavy atom. The van der Waals surface area contributed by atoms with Crippen LogP contribution in [0, 0.1) is 6.92 Å². The number of phenols is 1. The smallest absolute Gasteiger partial charge is 1.00 e. The van der Waals surface area contributed by atoms with E-state index >= 15 is 0 Å². The standard InChI is InChI=1S/C19H16ClNO4.C7H7NO2.Na.3H2O.H/c1-11-15(10-18(22)23)16-9-14(25-2)7-8-17(16)21(11)19(24)12-3-5-13(20)6-4-12;8-7(10)5-3-1-2-4-6(5)9;;;;;/h3-9H,10H2,1-2H3,(H,22,23);1-4,9H,(H2,8,10);;3*1H2;/q;;+1;;;;-1. The third-order valence-electron chi connectivity index (χ3n) is 5.33. The van der Waals surface area contributed by atoms with Gasteiger partial charge in [-0.15, -0.1) is 0 Å². The minimum Gasteiger partial charge on any atom is -1.00 e. The van der Waals surface area contributed by atoms with Gasteiger partial charge in [0.2, 0.25) is 0 Å². The average Bonchev–Trinajstić information content (AvgIpc) is 3.09. The van der Waals surface area contributed by atoms with E-state index in [0.717, 1.165) is 0 Å². The molecule has 0 radical (unpaired) electrons. The molecule has 39 heavy (non-hydrogen) atoms. The van der Waals surface area contributed by atoms with Crippen molar-refractivity contribution in [1.82, 2.24) is 4.57 Å². The zero-order valence-electron chi connectivity index (χ0n) is 22.5. The topological polar surface area (TPSA) is 226 Å². The van der Waals surface area contributed by atoms with Crippen molar-refractivity contribution in [2.45, 2.75) is 13.3 Å². The van der Waals surface area contributed by atoms with Crippen molar-refractivity contribution in [3.8, 4) is 11.5 Å². The number of hydrogen-bond acceptors (Lipinski definition) is 5. The Morgan fingerprint density at radius 1 is 1.00 bits per heavy atom. The Kier molecular flexibility index (Phi) is 16.0. The summed E-state index contributed by atoms with van der Waals surface area (Å²) < 4.78 is 6.77. The van der Waals surface area contributed by atoms with Crippen LogP contribution in [0.15, 0.2) is 66.7 Å². The SMILES string of the molecule is COc1ccc2c(c1)c(CC(=O)O)c(C)n2C(=O)c1ccc(Cl)cc1.NC(=O)c1ccccc1O.O.O.O.[H-].[Na+]. The maximum Gasteiger partial charge on any atom is 1.00 e. The van der Waals surface area contributed by atoms with Gasteiger partial charge < -0.3 is 38.5 Å². The fraction of sp³-hybridized carbons (Fsp3) is 0.115. The summed E-state index contributed by atoms with van der Waals surface area (Å²) in [7, 11) is 1.54. The van der Waals surface area contributed by atoms with Gasteiger partial charge in [0.25, 0.3) is 11.8 Å². The second-order valence-corrected chi connectivity index (χ2v) is 7.98. The normalized spacial score (nSPS) is 9.31. The molecule has 13 heteroatoms. The Hall–Kier alpha value is -3.42. The van der Waals surface area contributed by atoms with Crippen LogP contribution in [0.4, 0.5) is 0 Å². The number of methoxy groups -OCH3 is 1. The van der Waals surface area contributed by atoms with Crippen molar-refractivity contribution >= 4 is 40.3 Å². The van der Waals surface area contributed by atoms with Crippen LogP contribution in [0.1, 0.15) is 33.4 Å². The van der Waals surface area contributed by atoms with E-state index in [4.69, 9.17) is 27.2 Å². The van der Waals surface area contributed by atoms with E-state index in [1.165, 1.54) is 16.7 Å². The summed E-state index contributed by atoms with van der Waals surface area (Å²) in [5.74, 6) is -1.27. The number of primary amides is 1. The van der Waals surface area contributed by atoms with E-state index in [1.807, 2.05) is 0 Å². The third-order valence-corrected chi connectivity index (χ3v) is 5.59. The number of carboxylic acid groups (broad SMARTS) is 1. The van der Waals surface area contributed by atoms with Crippen molar-refractivity contribution in [2.75, 3.05) is 7.11 Å². The second-order valence-electron chi connectivity index (χ2n) is 7.55. The number of aliphatic carboxylic acids is 1. The predicted molar refractivity (Wildman–Crippen MR) is 144 cm³/mol. The van der Waals surface area contributed by atoms with Crippen LogP contribution in [-0.2, 0) is 11.2 Å². The van der Waals surface area contributed by atoms with Crippen LogP contribution >= 0.6 is 11.6 Å². The van der Waals surface area contributed by atoms with Gasteiger partial charge in [0, 0.05) is 21.7 Å². The maximum atomic E-state index is 13.0. The number of para-hydroxylation sites is 1. The van der Waals surface area contributed by atoms with Gasteiger partial charge in [0.05, 0.1) is 24.6 Å². The van der Waals surface area contributed by atoms with Gasteiger partial charge in [-0.25, -0.2) is 0 Å². The molecule has 10 N–H and O–H groups in total. The molecule has 0 bridgehead atoms. The number of ether oxygens (including phenoxy) is 1. The van der Waals surface area contributed by atoms with Crippen molar-refractivity contribution in [2.24, 2.45) is 5.73 Å². The van der Waals surface area contributed by atoms with Crippen LogP contribution in [0.3, 0.4) is 0 Å². The number of carbonyl (C=O) groups excluding carboxylic acids is 2. The van der Waals surface area contributed by atoms with Crippen LogP contribution in [0.2, 0.25) is 5.02 Å². The van der Waals surface area contributed by atoms with Crippen LogP contribution in [0.5, 0.6) is 11.5 Å². The molecule has 0 saturated heterocycles. The summed E-state index contributed by atoms with van der Waals surface area (Å²) in [6, 6.07) is 18.0. The third kappa shape index (κ3) is 8.80. The van der Waals surface area contributed by atoms with E-state index in [1.54, 1.807) is 68.6 Å². The number of benzene rings is 3. The molecule has 1 amide bonds. The molecule has 1 heterocycles. The summed E-state index contributed by atoms with van der Waals surface area (Å²) >= 11 is 5.89. The minimum absolute atomic E-state index is 0. The molecule has 3 aromatic carbocycles. The molecule has 4 aromatic rings. The van der Waals surface area contributed by atoms with E-state index in [2.05, 4.69) is 0 Å². The minimum atomic E-state index is -0.955. The Labute approximate surface area is 252 Å². The first-order valence-electron chi connectivity index (χ1n) is 10.4. The number of halogens is 1. The molecule has 0 fully saturated rings. The van der Waals surface area contributed by atoms with E-state index in [0.29, 0.717) is 38.5 Å². The number of aromatic nitrogens is 1. The monoisotopic (exact) mass is 572 g/mol. The first-order valence-corrected chi connectivity index (χ1v) is 10.8. The molecule has 206 valence electrons. The number of aromatic hydroxyl groups is 1. The molecule has 11 nitrogen and oxygen atoms in total. The molecule has 0 spiro atoms. The first-order chi connectivity index (χ1) is 16.6. The average molecular weight is 573 g/mol. The molecular weight excluding hydrogens is 543 g/mol. The van der Waals surface area contributed by atoms with Crippen LogP contribution in [0.25, 0.3) is 10.9 Å².